The number of carboxylic acids is 1. The minimum absolute atomic E-state index is 0.00477. The Bertz CT molecular complexity index is 824. The lowest BCUT2D eigenvalue weighted by Crippen LogP contribution is -2.46. The zero-order valence-corrected chi connectivity index (χ0v) is 16.4. The van der Waals surface area contributed by atoms with E-state index >= 15 is 0 Å². The van der Waals surface area contributed by atoms with Crippen LogP contribution in [0.25, 0.3) is 0 Å². The molecule has 8 heteroatoms. The van der Waals surface area contributed by atoms with E-state index in [9.17, 15) is 18.0 Å². The van der Waals surface area contributed by atoms with Gasteiger partial charge < -0.3 is 10.0 Å². The molecule has 1 aliphatic heterocycles. The number of hydrogen-bond donors (Lipinski definition) is 2. The molecule has 1 aromatic rings. The maximum atomic E-state index is 13.0. The summed E-state index contributed by atoms with van der Waals surface area (Å²) in [6, 6.07) is 1.48. The molecule has 2 rings (SSSR count). The number of rotatable bonds is 5. The lowest BCUT2D eigenvalue weighted by molar-refractivity contribution is -0.136. The first-order valence-corrected chi connectivity index (χ1v) is 10.1. The smallest absolute Gasteiger partial charge is 0.307 e. The van der Waals surface area contributed by atoms with E-state index in [0.29, 0.717) is 42.6 Å². The van der Waals surface area contributed by atoms with Gasteiger partial charge in [0.25, 0.3) is 0 Å². The standard InChI is InChI=1S/C18H26N2O5S/c1-11-9-12(2)18(13(3)16(11)10-17(22)23)26(24,25)19-15-5-7-20(8-6-15)14(4)21/h9,15,19H,5-8,10H2,1-4H3,(H,22,23). The molecule has 0 aromatic heterocycles. The monoisotopic (exact) mass is 382 g/mol. The number of nitrogens with one attached hydrogen (secondary N) is 1. The van der Waals surface area contributed by atoms with E-state index in [1.807, 2.05) is 0 Å². The van der Waals surface area contributed by atoms with Gasteiger partial charge in [0.05, 0.1) is 11.3 Å². The molecule has 7 nitrogen and oxygen atoms in total. The van der Waals surface area contributed by atoms with E-state index in [4.69, 9.17) is 5.11 Å². The van der Waals surface area contributed by atoms with Crippen molar-refractivity contribution >= 4 is 21.9 Å². The number of likely N-dealkylation sites (tertiary alicyclic amines) is 1. The van der Waals surface area contributed by atoms with E-state index < -0.39 is 16.0 Å². The van der Waals surface area contributed by atoms with Crippen LogP contribution in [0.4, 0.5) is 0 Å². The van der Waals surface area contributed by atoms with Gasteiger partial charge in [-0.1, -0.05) is 6.07 Å². The zero-order valence-electron chi connectivity index (χ0n) is 15.6. The van der Waals surface area contributed by atoms with Gasteiger partial charge >= 0.3 is 5.97 Å². The third-order valence-electron chi connectivity index (χ3n) is 4.92. The second-order valence-electron chi connectivity index (χ2n) is 6.92. The molecular weight excluding hydrogens is 356 g/mol. The van der Waals surface area contributed by atoms with Gasteiger partial charge in [0.1, 0.15) is 0 Å². The van der Waals surface area contributed by atoms with Crippen LogP contribution >= 0.6 is 0 Å². The number of carbonyl (C=O) groups excluding carboxylic acids is 1. The van der Waals surface area contributed by atoms with Crippen LogP contribution in [-0.2, 0) is 26.0 Å². The molecule has 0 spiro atoms. The van der Waals surface area contributed by atoms with Crippen molar-refractivity contribution in [2.24, 2.45) is 0 Å². The van der Waals surface area contributed by atoms with Crippen molar-refractivity contribution in [1.82, 2.24) is 9.62 Å². The molecule has 26 heavy (non-hydrogen) atoms. The first-order chi connectivity index (χ1) is 12.0. The molecule has 2 N–H and O–H groups in total. The van der Waals surface area contributed by atoms with Gasteiger partial charge in [-0.05, 0) is 55.9 Å². The summed E-state index contributed by atoms with van der Waals surface area (Å²) in [5.41, 5.74) is 2.40. The van der Waals surface area contributed by atoms with Crippen molar-refractivity contribution in [3.8, 4) is 0 Å². The van der Waals surface area contributed by atoms with E-state index in [0.717, 1.165) is 5.56 Å². The van der Waals surface area contributed by atoms with Crippen molar-refractivity contribution in [3.05, 3.63) is 28.3 Å². The third-order valence-corrected chi connectivity index (χ3v) is 6.73. The minimum atomic E-state index is -3.78. The molecular formula is C18H26N2O5S. The van der Waals surface area contributed by atoms with Crippen LogP contribution in [0.3, 0.4) is 0 Å². The molecule has 1 aliphatic rings. The summed E-state index contributed by atoms with van der Waals surface area (Å²) in [5, 5.41) is 9.11. The maximum Gasteiger partial charge on any atom is 0.307 e. The molecule has 1 aromatic carbocycles. The number of benzene rings is 1. The Kier molecular flexibility index (Phi) is 6.08. The van der Waals surface area contributed by atoms with Crippen LogP contribution in [-0.4, -0.2) is 49.4 Å². The number of carbonyl (C=O) groups is 2. The van der Waals surface area contributed by atoms with Gasteiger partial charge in [-0.2, -0.15) is 0 Å². The average Bonchev–Trinajstić information content (AvgIpc) is 2.50. The van der Waals surface area contributed by atoms with E-state index in [1.165, 1.54) is 6.92 Å². The molecule has 0 saturated carbocycles. The normalized spacial score (nSPS) is 15.9. The van der Waals surface area contributed by atoms with Crippen molar-refractivity contribution < 1.29 is 23.1 Å². The van der Waals surface area contributed by atoms with E-state index in [1.54, 1.807) is 31.7 Å². The first kappa shape index (κ1) is 20.4. The Hall–Kier alpha value is -1.93. The van der Waals surface area contributed by atoms with Crippen molar-refractivity contribution in [2.75, 3.05) is 13.1 Å². The van der Waals surface area contributed by atoms with Crippen LogP contribution < -0.4 is 4.72 Å². The molecule has 1 heterocycles. The fourth-order valence-corrected chi connectivity index (χ4v) is 5.43. The summed E-state index contributed by atoms with van der Waals surface area (Å²) in [4.78, 5) is 24.4. The molecule has 0 radical (unpaired) electrons. The number of amides is 1. The van der Waals surface area contributed by atoms with Gasteiger partial charge in [0.2, 0.25) is 15.9 Å². The average molecular weight is 382 g/mol. The number of nitrogens with zero attached hydrogens (tertiary/aromatic N) is 1. The quantitative estimate of drug-likeness (QED) is 0.804. The number of aryl methyl sites for hydroxylation is 2. The van der Waals surface area contributed by atoms with Gasteiger partial charge in [-0.25, -0.2) is 13.1 Å². The summed E-state index contributed by atoms with van der Waals surface area (Å²) < 4.78 is 28.7. The summed E-state index contributed by atoms with van der Waals surface area (Å²) in [6.45, 7) is 7.73. The van der Waals surface area contributed by atoms with Crippen molar-refractivity contribution in [2.45, 2.75) is 57.9 Å². The Morgan fingerprint density at radius 3 is 2.27 bits per heavy atom. The zero-order chi connectivity index (χ0) is 19.6. The van der Waals surface area contributed by atoms with E-state index in [-0.39, 0.29) is 23.3 Å². The molecule has 1 amide bonds. The van der Waals surface area contributed by atoms with Gasteiger partial charge in [-0.3, -0.25) is 9.59 Å². The SMILES string of the molecule is CC(=O)N1CCC(NS(=O)(=O)c2c(C)cc(C)c(CC(=O)O)c2C)CC1. The maximum absolute atomic E-state index is 13.0. The molecule has 0 unspecified atom stereocenters. The Balaban J connectivity index is 2.29. The summed E-state index contributed by atoms with van der Waals surface area (Å²) in [6.07, 6.45) is 0.910. The molecule has 1 fully saturated rings. The van der Waals surface area contributed by atoms with Gasteiger partial charge in [-0.15, -0.1) is 0 Å². The summed E-state index contributed by atoms with van der Waals surface area (Å²) in [7, 11) is -3.78. The number of sulfonamides is 1. The van der Waals surface area contributed by atoms with Crippen molar-refractivity contribution in [3.63, 3.8) is 0 Å². The first-order valence-electron chi connectivity index (χ1n) is 8.62. The van der Waals surface area contributed by atoms with E-state index in [2.05, 4.69) is 4.72 Å². The highest BCUT2D eigenvalue weighted by Gasteiger charge is 2.28. The van der Waals surface area contributed by atoms with Gasteiger partial charge in [0.15, 0.2) is 0 Å². The molecule has 144 valence electrons. The van der Waals surface area contributed by atoms with Crippen LogP contribution in [0, 0.1) is 20.8 Å². The summed E-state index contributed by atoms with van der Waals surface area (Å²) >= 11 is 0. The fourth-order valence-electron chi connectivity index (χ4n) is 3.63. The third kappa shape index (κ3) is 4.42. The predicted molar refractivity (Wildman–Crippen MR) is 97.6 cm³/mol. The molecule has 0 bridgehead atoms. The Labute approximate surface area is 154 Å². The van der Waals surface area contributed by atoms with Crippen LogP contribution in [0.5, 0.6) is 0 Å². The second-order valence-corrected chi connectivity index (χ2v) is 8.57. The molecule has 0 atom stereocenters. The highest BCUT2D eigenvalue weighted by Crippen LogP contribution is 2.27. The van der Waals surface area contributed by atoms with Crippen LogP contribution in [0.15, 0.2) is 11.0 Å². The number of hydrogen-bond acceptors (Lipinski definition) is 4. The minimum Gasteiger partial charge on any atom is -0.481 e. The predicted octanol–water partition coefficient (Wildman–Crippen LogP) is 1.53. The summed E-state index contributed by atoms with van der Waals surface area (Å²) in [5.74, 6) is -0.997. The largest absolute Gasteiger partial charge is 0.481 e. The number of aliphatic carboxylic acids is 1. The molecule has 0 aliphatic carbocycles. The Morgan fingerprint density at radius 2 is 1.77 bits per heavy atom. The van der Waals surface area contributed by atoms with Crippen LogP contribution in [0.2, 0.25) is 0 Å². The highest BCUT2D eigenvalue weighted by atomic mass is 32.2. The Morgan fingerprint density at radius 1 is 1.19 bits per heavy atom. The second kappa shape index (κ2) is 7.75. The highest BCUT2D eigenvalue weighted by molar-refractivity contribution is 7.89. The van der Waals surface area contributed by atoms with Crippen LogP contribution in [0.1, 0.15) is 42.0 Å². The fraction of sp³-hybridized carbons (Fsp3) is 0.556. The number of piperidine rings is 1. The lowest BCUT2D eigenvalue weighted by Gasteiger charge is -2.31. The number of carboxylic acid groups (broad SMARTS) is 1. The lowest BCUT2D eigenvalue weighted by atomic mass is 9.97. The van der Waals surface area contributed by atoms with Gasteiger partial charge in [0, 0.05) is 26.1 Å². The van der Waals surface area contributed by atoms with Crippen molar-refractivity contribution in [1.29, 1.82) is 0 Å². The topological polar surface area (TPSA) is 104 Å². The molecule has 1 saturated heterocycles.